The van der Waals surface area contributed by atoms with Crippen molar-refractivity contribution in [2.75, 3.05) is 6.54 Å². The SMILES string of the molecule is NCCc1ccc(-n2c(CCC3CCCC3)nc3cccnc32)cc1. The van der Waals surface area contributed by atoms with Crippen LogP contribution in [0, 0.1) is 5.92 Å². The summed E-state index contributed by atoms with van der Waals surface area (Å²) in [6.45, 7) is 0.682. The number of aromatic nitrogens is 3. The van der Waals surface area contributed by atoms with Crippen LogP contribution in [-0.4, -0.2) is 21.1 Å². The Kier molecular flexibility index (Phi) is 4.79. The lowest BCUT2D eigenvalue weighted by molar-refractivity contribution is 0.496. The molecule has 0 radical (unpaired) electrons. The number of hydrogen-bond donors (Lipinski definition) is 1. The summed E-state index contributed by atoms with van der Waals surface area (Å²) in [5, 5.41) is 0. The van der Waals surface area contributed by atoms with E-state index in [1.54, 1.807) is 0 Å². The number of imidazole rings is 1. The van der Waals surface area contributed by atoms with Gasteiger partial charge in [-0.1, -0.05) is 37.8 Å². The number of pyridine rings is 1. The minimum atomic E-state index is 0.682. The molecule has 1 aliphatic rings. The van der Waals surface area contributed by atoms with Crippen molar-refractivity contribution >= 4 is 11.2 Å². The summed E-state index contributed by atoms with van der Waals surface area (Å²) < 4.78 is 2.23. The Hall–Kier alpha value is -2.20. The fourth-order valence-electron chi connectivity index (χ4n) is 4.01. The van der Waals surface area contributed by atoms with Crippen molar-refractivity contribution in [2.45, 2.75) is 44.9 Å². The molecule has 0 spiro atoms. The number of nitrogens with two attached hydrogens (primary N) is 1. The quantitative estimate of drug-likeness (QED) is 0.740. The molecule has 2 heterocycles. The van der Waals surface area contributed by atoms with Gasteiger partial charge in [-0.05, 0) is 55.1 Å². The number of aryl methyl sites for hydroxylation is 1. The zero-order valence-corrected chi connectivity index (χ0v) is 14.7. The van der Waals surface area contributed by atoms with Crippen molar-refractivity contribution in [3.8, 4) is 5.69 Å². The number of benzene rings is 1. The molecule has 0 aliphatic heterocycles. The average Bonchev–Trinajstić information content (AvgIpc) is 3.28. The molecular formula is C21H26N4. The molecule has 4 rings (SSSR count). The maximum atomic E-state index is 5.67. The van der Waals surface area contributed by atoms with E-state index in [0.29, 0.717) is 6.54 Å². The van der Waals surface area contributed by atoms with Crippen molar-refractivity contribution in [1.29, 1.82) is 0 Å². The van der Waals surface area contributed by atoms with E-state index in [0.717, 1.165) is 41.4 Å². The standard InChI is InChI=1S/C21H26N4/c22-14-13-17-7-10-18(11-8-17)25-20(12-9-16-4-1-2-5-16)24-19-6-3-15-23-21(19)25/h3,6-8,10-11,15-16H,1-2,4-5,9,12-14,22H2. The Bertz CT molecular complexity index is 829. The van der Waals surface area contributed by atoms with E-state index in [4.69, 9.17) is 10.7 Å². The van der Waals surface area contributed by atoms with Gasteiger partial charge in [-0.3, -0.25) is 4.57 Å². The average molecular weight is 334 g/mol. The lowest BCUT2D eigenvalue weighted by atomic mass is 10.0. The molecule has 25 heavy (non-hydrogen) atoms. The first-order valence-corrected chi connectivity index (χ1v) is 9.47. The Morgan fingerprint density at radius 3 is 2.60 bits per heavy atom. The fourth-order valence-corrected chi connectivity index (χ4v) is 4.01. The third-order valence-corrected chi connectivity index (χ3v) is 5.36. The predicted molar refractivity (Wildman–Crippen MR) is 102 cm³/mol. The third kappa shape index (κ3) is 3.45. The lowest BCUT2D eigenvalue weighted by Crippen LogP contribution is -2.06. The molecule has 2 aromatic heterocycles. The maximum absolute atomic E-state index is 5.67. The minimum absolute atomic E-state index is 0.682. The molecular weight excluding hydrogens is 308 g/mol. The third-order valence-electron chi connectivity index (χ3n) is 5.36. The number of nitrogens with zero attached hydrogens (tertiary/aromatic N) is 3. The zero-order valence-electron chi connectivity index (χ0n) is 14.7. The van der Waals surface area contributed by atoms with Crippen LogP contribution in [0.2, 0.25) is 0 Å². The molecule has 4 heteroatoms. The molecule has 0 saturated heterocycles. The molecule has 0 bridgehead atoms. The van der Waals surface area contributed by atoms with E-state index in [2.05, 4.69) is 39.9 Å². The highest BCUT2D eigenvalue weighted by Gasteiger charge is 2.18. The minimum Gasteiger partial charge on any atom is -0.330 e. The van der Waals surface area contributed by atoms with Crippen LogP contribution >= 0.6 is 0 Å². The van der Waals surface area contributed by atoms with Gasteiger partial charge in [-0.15, -0.1) is 0 Å². The van der Waals surface area contributed by atoms with Crippen LogP contribution in [0.25, 0.3) is 16.9 Å². The van der Waals surface area contributed by atoms with Crippen LogP contribution in [0.1, 0.15) is 43.5 Å². The summed E-state index contributed by atoms with van der Waals surface area (Å²) >= 11 is 0. The van der Waals surface area contributed by atoms with Crippen LogP contribution in [0.5, 0.6) is 0 Å². The first kappa shape index (κ1) is 16.3. The number of fused-ring (bicyclic) bond motifs is 1. The largest absolute Gasteiger partial charge is 0.330 e. The number of rotatable bonds is 6. The Morgan fingerprint density at radius 2 is 1.84 bits per heavy atom. The van der Waals surface area contributed by atoms with Gasteiger partial charge >= 0.3 is 0 Å². The second kappa shape index (κ2) is 7.36. The van der Waals surface area contributed by atoms with Crippen LogP contribution in [0.3, 0.4) is 0 Å². The van der Waals surface area contributed by atoms with Gasteiger partial charge in [0.25, 0.3) is 0 Å². The smallest absolute Gasteiger partial charge is 0.164 e. The van der Waals surface area contributed by atoms with Crippen LogP contribution in [0.15, 0.2) is 42.6 Å². The summed E-state index contributed by atoms with van der Waals surface area (Å²) in [5.41, 5.74) is 10.0. The van der Waals surface area contributed by atoms with E-state index in [1.165, 1.54) is 37.7 Å². The van der Waals surface area contributed by atoms with Gasteiger partial charge in [-0.2, -0.15) is 0 Å². The molecule has 0 unspecified atom stereocenters. The summed E-state index contributed by atoms with van der Waals surface area (Å²) in [4.78, 5) is 9.49. The molecule has 3 aromatic rings. The summed E-state index contributed by atoms with van der Waals surface area (Å²) in [5.74, 6) is 2.00. The molecule has 130 valence electrons. The first-order valence-electron chi connectivity index (χ1n) is 9.47. The zero-order chi connectivity index (χ0) is 17.1. The molecule has 1 aromatic carbocycles. The normalized spacial score (nSPS) is 15.2. The Morgan fingerprint density at radius 1 is 1.04 bits per heavy atom. The van der Waals surface area contributed by atoms with Crippen molar-refractivity contribution in [2.24, 2.45) is 11.7 Å². The van der Waals surface area contributed by atoms with Crippen LogP contribution in [0.4, 0.5) is 0 Å². The second-order valence-electron chi connectivity index (χ2n) is 7.10. The van der Waals surface area contributed by atoms with Gasteiger partial charge in [0.2, 0.25) is 0 Å². The first-order chi connectivity index (χ1) is 12.3. The fraction of sp³-hybridized carbons (Fsp3) is 0.429. The summed E-state index contributed by atoms with van der Waals surface area (Å²) in [6, 6.07) is 12.7. The second-order valence-corrected chi connectivity index (χ2v) is 7.10. The van der Waals surface area contributed by atoms with Crippen molar-refractivity contribution in [1.82, 2.24) is 14.5 Å². The topological polar surface area (TPSA) is 56.7 Å². The molecule has 1 fully saturated rings. The Labute approximate surface area is 149 Å². The van der Waals surface area contributed by atoms with Crippen LogP contribution in [-0.2, 0) is 12.8 Å². The highest BCUT2D eigenvalue weighted by molar-refractivity contribution is 5.73. The highest BCUT2D eigenvalue weighted by atomic mass is 15.1. The molecule has 1 aliphatic carbocycles. The van der Waals surface area contributed by atoms with E-state index < -0.39 is 0 Å². The van der Waals surface area contributed by atoms with E-state index >= 15 is 0 Å². The van der Waals surface area contributed by atoms with Gasteiger partial charge in [0.05, 0.1) is 0 Å². The highest BCUT2D eigenvalue weighted by Crippen LogP contribution is 2.29. The van der Waals surface area contributed by atoms with Gasteiger partial charge < -0.3 is 5.73 Å². The lowest BCUT2D eigenvalue weighted by Gasteiger charge is -2.12. The van der Waals surface area contributed by atoms with E-state index in [1.807, 2.05) is 12.3 Å². The number of hydrogen-bond acceptors (Lipinski definition) is 3. The maximum Gasteiger partial charge on any atom is 0.164 e. The van der Waals surface area contributed by atoms with Crippen molar-refractivity contribution in [3.63, 3.8) is 0 Å². The van der Waals surface area contributed by atoms with Gasteiger partial charge in [-0.25, -0.2) is 9.97 Å². The Balaban J connectivity index is 1.68. The summed E-state index contributed by atoms with van der Waals surface area (Å²) in [6.07, 6.45) is 10.6. The van der Waals surface area contributed by atoms with Crippen LogP contribution < -0.4 is 5.73 Å². The van der Waals surface area contributed by atoms with Gasteiger partial charge in [0, 0.05) is 18.3 Å². The predicted octanol–water partition coefficient (Wildman–Crippen LogP) is 4.04. The molecule has 1 saturated carbocycles. The molecule has 4 nitrogen and oxygen atoms in total. The monoisotopic (exact) mass is 334 g/mol. The van der Waals surface area contributed by atoms with Crippen molar-refractivity contribution < 1.29 is 0 Å². The molecule has 0 atom stereocenters. The van der Waals surface area contributed by atoms with E-state index in [-0.39, 0.29) is 0 Å². The molecule has 0 amide bonds. The molecule has 2 N–H and O–H groups in total. The van der Waals surface area contributed by atoms with E-state index in [9.17, 15) is 0 Å². The summed E-state index contributed by atoms with van der Waals surface area (Å²) in [7, 11) is 0. The van der Waals surface area contributed by atoms with Gasteiger partial charge in [0.15, 0.2) is 5.65 Å². The van der Waals surface area contributed by atoms with Gasteiger partial charge in [0.1, 0.15) is 11.3 Å². The van der Waals surface area contributed by atoms with Crippen molar-refractivity contribution in [3.05, 3.63) is 54.0 Å².